The van der Waals surface area contributed by atoms with Gasteiger partial charge in [-0.15, -0.1) is 22.7 Å². The lowest BCUT2D eigenvalue weighted by Gasteiger charge is -2.35. The molecule has 72 heavy (non-hydrogen) atoms. The molecule has 11 rings (SSSR count). The van der Waals surface area contributed by atoms with Gasteiger partial charge in [0.2, 0.25) is 11.8 Å². The number of pyridine rings is 1. The fourth-order valence-corrected chi connectivity index (χ4v) is 12.5. The molecule has 2 unspecified atom stereocenters. The molecule has 4 aliphatic heterocycles. The van der Waals surface area contributed by atoms with Crippen molar-refractivity contribution in [2.75, 3.05) is 33.5 Å². The molecule has 2 N–H and O–H groups in total. The molecule has 2 amide bonds. The van der Waals surface area contributed by atoms with Gasteiger partial charge in [-0.1, -0.05) is 82.0 Å². The Kier molecular flexibility index (Phi) is 14.0. The number of nitrogens with one attached hydrogen (secondary N) is 2. The van der Waals surface area contributed by atoms with E-state index in [0.717, 1.165) is 132 Å². The summed E-state index contributed by atoms with van der Waals surface area (Å²) in [5, 5.41) is 7.93. The van der Waals surface area contributed by atoms with Crippen LogP contribution in [-0.4, -0.2) is 52.1 Å². The number of ether oxygens (including phenoxy) is 2. The molecule has 2 atom stereocenters. The maximum absolute atomic E-state index is 13.0. The maximum Gasteiger partial charge on any atom is 0.225 e. The standard InChI is InChI=1S/C59H59N7O4S2/c1-3-18-44-56(58-60-40-20-9-11-26-48(40)71-58)38-32-36-65(42-22-15-24-46(69-44)54(38)42)34-13-5-7-30-52(67)63-50-28-17-29-51(62-50)64-53(68)31-8-6-14-35-66-37-33-39-55-43(66)23-16-25-47(55)70-45(19-4-2)57(39)59-61-41-21-10-12-27-49(41)72-59/h9-12,15-17,20-29,32-33,36-37,44-45H,3-8,13-14,18-19,30-31,34-35H2,1-2H3,(H2,62,63,64,67,68). The third kappa shape index (κ3) is 9.79. The summed E-state index contributed by atoms with van der Waals surface area (Å²) in [4.78, 5) is 45.3. The van der Waals surface area contributed by atoms with Crippen molar-refractivity contribution in [2.45, 2.75) is 103 Å². The Morgan fingerprint density at radius 2 is 1.00 bits per heavy atom. The number of para-hydroxylation sites is 2. The summed E-state index contributed by atoms with van der Waals surface area (Å²) < 4.78 is 15.8. The van der Waals surface area contributed by atoms with E-state index < -0.39 is 0 Å². The van der Waals surface area contributed by atoms with Crippen LogP contribution in [0.4, 0.5) is 23.0 Å². The van der Waals surface area contributed by atoms with E-state index in [1.807, 2.05) is 12.1 Å². The van der Waals surface area contributed by atoms with Crippen molar-refractivity contribution in [1.82, 2.24) is 15.0 Å². The first-order chi connectivity index (χ1) is 35.4. The quantitative estimate of drug-likeness (QED) is 0.0719. The highest BCUT2D eigenvalue weighted by molar-refractivity contribution is 7.20. The zero-order valence-electron chi connectivity index (χ0n) is 40.9. The highest BCUT2D eigenvalue weighted by Crippen LogP contribution is 2.51. The van der Waals surface area contributed by atoms with Crippen LogP contribution < -0.4 is 29.9 Å². The molecule has 0 spiro atoms. The summed E-state index contributed by atoms with van der Waals surface area (Å²) in [5.74, 6) is 2.52. The number of nitrogens with zero attached hydrogens (tertiary/aromatic N) is 5. The van der Waals surface area contributed by atoms with E-state index in [1.165, 1.54) is 31.7 Å². The number of thiazole rings is 2. The Morgan fingerprint density at radius 1 is 0.542 bits per heavy atom. The van der Waals surface area contributed by atoms with Crippen molar-refractivity contribution in [3.8, 4) is 11.5 Å². The molecule has 11 nitrogen and oxygen atoms in total. The Hall–Kier alpha value is -7.09. The minimum atomic E-state index is -0.0921. The molecule has 4 aliphatic rings. The maximum atomic E-state index is 13.0. The highest BCUT2D eigenvalue weighted by atomic mass is 32.1. The van der Waals surface area contributed by atoms with Gasteiger partial charge in [0.1, 0.15) is 45.4 Å². The van der Waals surface area contributed by atoms with Crippen molar-refractivity contribution >= 4 is 100 Å². The van der Waals surface area contributed by atoms with Crippen molar-refractivity contribution < 1.29 is 19.1 Å². The summed E-state index contributed by atoms with van der Waals surface area (Å²) in [5.41, 5.74) is 11.3. The van der Waals surface area contributed by atoms with Crippen LogP contribution >= 0.6 is 22.7 Å². The zero-order chi connectivity index (χ0) is 49.0. The van der Waals surface area contributed by atoms with Gasteiger partial charge in [-0.25, -0.2) is 15.0 Å². The van der Waals surface area contributed by atoms with Gasteiger partial charge in [0.25, 0.3) is 0 Å². The second kappa shape index (κ2) is 21.3. The van der Waals surface area contributed by atoms with Crippen molar-refractivity contribution in [3.05, 3.63) is 149 Å². The van der Waals surface area contributed by atoms with Gasteiger partial charge in [0.15, 0.2) is 0 Å². The number of unbranched alkanes of at least 4 members (excludes halogenated alkanes) is 4. The molecule has 7 heterocycles. The van der Waals surface area contributed by atoms with Gasteiger partial charge in [0.05, 0.1) is 31.8 Å². The van der Waals surface area contributed by atoms with Gasteiger partial charge in [-0.2, -0.15) is 0 Å². The zero-order valence-corrected chi connectivity index (χ0v) is 42.5. The monoisotopic (exact) mass is 993 g/mol. The number of rotatable bonds is 20. The lowest BCUT2D eigenvalue weighted by atomic mass is 9.88. The second-order valence-electron chi connectivity index (χ2n) is 18.9. The molecule has 7 aromatic rings. The highest BCUT2D eigenvalue weighted by Gasteiger charge is 2.36. The number of allylic oxidation sites excluding steroid dienone is 4. The summed E-state index contributed by atoms with van der Waals surface area (Å²) in [6.45, 7) is 6.06. The van der Waals surface area contributed by atoms with Crippen molar-refractivity contribution in [3.63, 3.8) is 0 Å². The number of amides is 2. The normalized spacial score (nSPS) is 16.5. The van der Waals surface area contributed by atoms with Crippen LogP contribution in [-0.2, 0) is 9.59 Å². The molecule has 13 heteroatoms. The first-order valence-electron chi connectivity index (χ1n) is 25.7. The van der Waals surface area contributed by atoms with Gasteiger partial charge in [-0.05, 0) is 122 Å². The minimum Gasteiger partial charge on any atom is -0.485 e. The predicted octanol–water partition coefficient (Wildman–Crippen LogP) is 14.3. The Labute approximate surface area is 429 Å². The van der Waals surface area contributed by atoms with E-state index >= 15 is 0 Å². The smallest absolute Gasteiger partial charge is 0.225 e. The van der Waals surface area contributed by atoms with E-state index in [4.69, 9.17) is 19.4 Å². The summed E-state index contributed by atoms with van der Waals surface area (Å²) in [7, 11) is 0. The average molecular weight is 994 g/mol. The lowest BCUT2D eigenvalue weighted by Crippen LogP contribution is -2.28. The van der Waals surface area contributed by atoms with E-state index in [1.54, 1.807) is 40.9 Å². The van der Waals surface area contributed by atoms with Gasteiger partial charge in [0, 0.05) is 60.6 Å². The fourth-order valence-electron chi connectivity index (χ4n) is 10.4. The van der Waals surface area contributed by atoms with Crippen LogP contribution in [0, 0.1) is 0 Å². The molecule has 0 radical (unpaired) electrons. The fraction of sp³-hybridized carbons (Fsp3) is 0.305. The molecule has 366 valence electrons. The summed E-state index contributed by atoms with van der Waals surface area (Å²) in [6.07, 6.45) is 18.6. The minimum absolute atomic E-state index is 0.0518. The van der Waals surface area contributed by atoms with Crippen LogP contribution in [0.15, 0.2) is 128 Å². The Morgan fingerprint density at radius 3 is 1.46 bits per heavy atom. The molecule has 0 bridgehead atoms. The van der Waals surface area contributed by atoms with Crippen LogP contribution in [0.1, 0.15) is 112 Å². The van der Waals surface area contributed by atoms with Crippen LogP contribution in [0.2, 0.25) is 0 Å². The summed E-state index contributed by atoms with van der Waals surface area (Å²) >= 11 is 3.47. The Balaban J connectivity index is 0.633. The molecular weight excluding hydrogens is 935 g/mol. The molecule has 4 aromatic carbocycles. The lowest BCUT2D eigenvalue weighted by molar-refractivity contribution is -0.117. The number of benzene rings is 4. The average Bonchev–Trinajstić information content (AvgIpc) is 4.02. The molecule has 0 saturated heterocycles. The van der Waals surface area contributed by atoms with E-state index in [2.05, 4.69) is 137 Å². The SMILES string of the molecule is CCCC1Oc2cccc3c2C(=C1c1nc2ccccc2s1)C=CN3CCCCCC(=O)Nc1cccc(NC(=O)CCCCCN2C=CC3=C(c4nc5ccccc5s4)C(CCC)Oc4cccc2c43)n1. The molecule has 0 aliphatic carbocycles. The van der Waals surface area contributed by atoms with Crippen molar-refractivity contribution in [1.29, 1.82) is 0 Å². The van der Waals surface area contributed by atoms with E-state index in [-0.39, 0.29) is 24.0 Å². The molecule has 0 fully saturated rings. The largest absolute Gasteiger partial charge is 0.485 e. The van der Waals surface area contributed by atoms with E-state index in [9.17, 15) is 9.59 Å². The summed E-state index contributed by atoms with van der Waals surface area (Å²) in [6, 6.07) is 34.6. The van der Waals surface area contributed by atoms with E-state index in [0.29, 0.717) is 24.5 Å². The number of hydrogen-bond donors (Lipinski definition) is 2. The van der Waals surface area contributed by atoms with Gasteiger partial charge >= 0.3 is 0 Å². The van der Waals surface area contributed by atoms with Crippen LogP contribution in [0.3, 0.4) is 0 Å². The van der Waals surface area contributed by atoms with Crippen molar-refractivity contribution in [2.24, 2.45) is 0 Å². The number of carbonyl (C=O) groups is 2. The molecule has 3 aromatic heterocycles. The number of aromatic nitrogens is 3. The van der Waals surface area contributed by atoms with Gasteiger partial charge in [-0.3, -0.25) is 9.59 Å². The molecular formula is C59H59N7O4S2. The first-order valence-corrected chi connectivity index (χ1v) is 27.3. The first kappa shape index (κ1) is 47.2. The predicted molar refractivity (Wildman–Crippen MR) is 296 cm³/mol. The number of hydrogen-bond acceptors (Lipinski definition) is 11. The molecule has 0 saturated carbocycles. The topological polar surface area (TPSA) is 122 Å². The third-order valence-electron chi connectivity index (χ3n) is 13.8. The van der Waals surface area contributed by atoms with Crippen LogP contribution in [0.25, 0.3) is 42.7 Å². The number of carbonyl (C=O) groups excluding carboxylic acids is 2. The third-order valence-corrected chi connectivity index (χ3v) is 16.0. The second-order valence-corrected chi connectivity index (χ2v) is 20.9. The number of fused-ring (bicyclic) bond motifs is 2. The Bertz CT molecular complexity index is 3020. The number of anilines is 4. The van der Waals surface area contributed by atoms with Crippen LogP contribution in [0.5, 0.6) is 11.5 Å². The van der Waals surface area contributed by atoms with Gasteiger partial charge < -0.3 is 29.9 Å².